The number of alkyl halides is 3. The minimum atomic E-state index is -5.08. The molecular weight excluding hydrogens is 517 g/mol. The fourth-order valence-electron chi connectivity index (χ4n) is 8.20. The summed E-state index contributed by atoms with van der Waals surface area (Å²) < 4.78 is 31.7. The molecule has 2 unspecified atom stereocenters. The lowest BCUT2D eigenvalue weighted by molar-refractivity contribution is -0.192. The van der Waals surface area contributed by atoms with E-state index in [1.807, 2.05) is 6.07 Å². The second kappa shape index (κ2) is 8.90. The summed E-state index contributed by atoms with van der Waals surface area (Å²) in [4.78, 5) is 47.3. The number of carbonyl (C=O) groups is 3. The van der Waals surface area contributed by atoms with E-state index in [-0.39, 0.29) is 22.3 Å². The molecule has 4 saturated heterocycles. The first-order valence-corrected chi connectivity index (χ1v) is 13.4. The number of carboxylic acids is 1. The molecule has 2 aromatic heterocycles. The van der Waals surface area contributed by atoms with Gasteiger partial charge in [-0.25, -0.2) is 9.78 Å². The number of halogens is 3. The molecule has 10 nitrogen and oxygen atoms in total. The standard InChI is InChI=1S/C24H30N6O2.C2HF3O2/c31-20(17-4-9-25-19-18(17)12-26-27-19)28-13-22-5-1-6-23(22,14-28)16-29(15-22)21(32)24-7-2-10-30(24)11-3-8-24;3-2(4,5)1(6)7/h4,9,12H,1-3,5-8,10-11,13-16H2,(H,25,26,27);(H,6,7). The van der Waals surface area contributed by atoms with E-state index in [0.29, 0.717) is 17.1 Å². The number of rotatable bonds is 2. The summed E-state index contributed by atoms with van der Waals surface area (Å²) in [6, 6.07) is 1.81. The van der Waals surface area contributed by atoms with Crippen molar-refractivity contribution in [3.05, 3.63) is 24.0 Å². The molecular formula is C26H31F3N6O4. The van der Waals surface area contributed by atoms with Crippen LogP contribution in [0.1, 0.15) is 55.3 Å². The van der Waals surface area contributed by atoms with Gasteiger partial charge in [0, 0.05) is 43.2 Å². The zero-order valence-electron chi connectivity index (χ0n) is 21.5. The Kier molecular flexibility index (Phi) is 5.94. The highest BCUT2D eigenvalue weighted by Gasteiger charge is 2.67. The Balaban J connectivity index is 0.000000353. The predicted octanol–water partition coefficient (Wildman–Crippen LogP) is 2.67. The number of fused-ring (bicyclic) bond motifs is 2. The van der Waals surface area contributed by atoms with Gasteiger partial charge in [-0.15, -0.1) is 0 Å². The van der Waals surface area contributed by atoms with E-state index < -0.39 is 12.1 Å². The normalized spacial score (nSPS) is 29.2. The summed E-state index contributed by atoms with van der Waals surface area (Å²) in [5.41, 5.74) is 1.22. The Bertz CT molecular complexity index is 1300. The van der Waals surface area contributed by atoms with Crippen LogP contribution in [0.2, 0.25) is 0 Å². The molecule has 0 bridgehead atoms. The number of aromatic nitrogens is 3. The first-order valence-electron chi connectivity index (χ1n) is 13.4. The van der Waals surface area contributed by atoms with E-state index in [9.17, 15) is 22.8 Å². The lowest BCUT2D eigenvalue weighted by Gasteiger charge is -2.36. The summed E-state index contributed by atoms with van der Waals surface area (Å²) in [6.07, 6.45) is 6.08. The molecule has 5 fully saturated rings. The van der Waals surface area contributed by atoms with Crippen molar-refractivity contribution in [1.82, 2.24) is 29.9 Å². The molecule has 13 heteroatoms. The Morgan fingerprint density at radius 2 is 1.51 bits per heavy atom. The number of hydrogen-bond donors (Lipinski definition) is 2. The number of carboxylic acid groups (broad SMARTS) is 1. The average molecular weight is 549 g/mol. The van der Waals surface area contributed by atoms with Gasteiger partial charge in [0.25, 0.3) is 5.91 Å². The van der Waals surface area contributed by atoms with E-state index >= 15 is 0 Å². The highest BCUT2D eigenvalue weighted by molar-refractivity contribution is 6.05. The number of nitrogens with zero attached hydrogens (tertiary/aromatic N) is 5. The molecule has 5 aliphatic rings. The molecule has 210 valence electrons. The Labute approximate surface area is 222 Å². The number of aromatic amines is 1. The van der Waals surface area contributed by atoms with Crippen molar-refractivity contribution in [2.75, 3.05) is 39.3 Å². The van der Waals surface area contributed by atoms with Crippen molar-refractivity contribution >= 4 is 28.8 Å². The summed E-state index contributed by atoms with van der Waals surface area (Å²) in [6.45, 7) is 5.31. The second-order valence-corrected chi connectivity index (χ2v) is 11.8. The van der Waals surface area contributed by atoms with Gasteiger partial charge in [-0.05, 0) is 57.7 Å². The largest absolute Gasteiger partial charge is 0.490 e. The molecule has 1 saturated carbocycles. The summed E-state index contributed by atoms with van der Waals surface area (Å²) in [5.74, 6) is -2.30. The second-order valence-electron chi connectivity index (χ2n) is 11.8. The van der Waals surface area contributed by atoms with Crippen LogP contribution in [-0.4, -0.2) is 104 Å². The first kappa shape index (κ1) is 26.0. The first-order chi connectivity index (χ1) is 18.5. The minimum absolute atomic E-state index is 0.0551. The highest BCUT2D eigenvalue weighted by atomic mass is 19.4. The molecule has 2 amide bonds. The average Bonchev–Trinajstić information content (AvgIpc) is 3.67. The lowest BCUT2D eigenvalue weighted by Crippen LogP contribution is -2.54. The van der Waals surface area contributed by atoms with Gasteiger partial charge in [0.2, 0.25) is 5.91 Å². The van der Waals surface area contributed by atoms with Crippen LogP contribution < -0.4 is 0 Å². The van der Waals surface area contributed by atoms with Gasteiger partial charge in [0.05, 0.1) is 17.1 Å². The minimum Gasteiger partial charge on any atom is -0.475 e. The smallest absolute Gasteiger partial charge is 0.475 e. The number of nitrogens with one attached hydrogen (secondary N) is 1. The fourth-order valence-corrected chi connectivity index (χ4v) is 8.20. The van der Waals surface area contributed by atoms with Gasteiger partial charge in [-0.1, -0.05) is 6.42 Å². The number of amides is 2. The van der Waals surface area contributed by atoms with Crippen molar-refractivity contribution in [2.45, 2.75) is 56.7 Å². The van der Waals surface area contributed by atoms with Crippen molar-refractivity contribution in [3.63, 3.8) is 0 Å². The lowest BCUT2D eigenvalue weighted by atomic mass is 9.71. The molecule has 2 N–H and O–H groups in total. The molecule has 4 aliphatic heterocycles. The number of H-pyrrole nitrogens is 1. The topological polar surface area (TPSA) is 123 Å². The molecule has 2 atom stereocenters. The van der Waals surface area contributed by atoms with Gasteiger partial charge >= 0.3 is 12.1 Å². The monoisotopic (exact) mass is 548 g/mol. The van der Waals surface area contributed by atoms with Crippen LogP contribution in [0.3, 0.4) is 0 Å². The van der Waals surface area contributed by atoms with Crippen molar-refractivity contribution in [1.29, 1.82) is 0 Å². The SMILES string of the molecule is O=C(O)C(F)(F)F.O=C(c1ccnc2[nH]ncc12)N1CC23CCCC2(C1)CN(C(=O)C12CCCN1CCC2)C3. The van der Waals surface area contributed by atoms with Crippen LogP contribution >= 0.6 is 0 Å². The van der Waals surface area contributed by atoms with E-state index in [1.165, 1.54) is 6.42 Å². The van der Waals surface area contributed by atoms with E-state index in [1.54, 1.807) is 12.4 Å². The van der Waals surface area contributed by atoms with Gasteiger partial charge in [-0.3, -0.25) is 19.6 Å². The molecule has 0 radical (unpaired) electrons. The van der Waals surface area contributed by atoms with Crippen LogP contribution in [0.15, 0.2) is 18.5 Å². The number of likely N-dealkylation sites (tertiary alicyclic amines) is 2. The van der Waals surface area contributed by atoms with E-state index in [0.717, 1.165) is 83.2 Å². The van der Waals surface area contributed by atoms with Gasteiger partial charge in [0.1, 0.15) is 5.54 Å². The number of carbonyl (C=O) groups excluding carboxylic acids is 2. The van der Waals surface area contributed by atoms with Crippen LogP contribution in [0, 0.1) is 10.8 Å². The number of aliphatic carboxylic acids is 1. The molecule has 2 aromatic rings. The Morgan fingerprint density at radius 3 is 2.10 bits per heavy atom. The molecule has 7 rings (SSSR count). The maximum atomic E-state index is 13.8. The summed E-state index contributed by atoms with van der Waals surface area (Å²) >= 11 is 0. The molecule has 1 aliphatic carbocycles. The molecule has 0 aromatic carbocycles. The van der Waals surface area contributed by atoms with E-state index in [4.69, 9.17) is 9.90 Å². The molecule has 0 spiro atoms. The highest BCUT2D eigenvalue weighted by Crippen LogP contribution is 2.62. The Hall–Kier alpha value is -3.22. The third kappa shape index (κ3) is 3.91. The van der Waals surface area contributed by atoms with E-state index in [2.05, 4.69) is 29.9 Å². The van der Waals surface area contributed by atoms with Crippen molar-refractivity contribution in [3.8, 4) is 0 Å². The third-order valence-electron chi connectivity index (χ3n) is 9.85. The van der Waals surface area contributed by atoms with Crippen LogP contribution in [0.25, 0.3) is 11.0 Å². The zero-order valence-corrected chi connectivity index (χ0v) is 21.5. The summed E-state index contributed by atoms with van der Waals surface area (Å²) in [5, 5.41) is 14.8. The maximum Gasteiger partial charge on any atom is 0.490 e. The van der Waals surface area contributed by atoms with Crippen LogP contribution in [0.5, 0.6) is 0 Å². The summed E-state index contributed by atoms with van der Waals surface area (Å²) in [7, 11) is 0. The predicted molar refractivity (Wildman–Crippen MR) is 132 cm³/mol. The Morgan fingerprint density at radius 1 is 0.923 bits per heavy atom. The quantitative estimate of drug-likeness (QED) is 0.592. The number of hydrogen-bond acceptors (Lipinski definition) is 6. The molecule has 6 heterocycles. The maximum absolute atomic E-state index is 13.8. The third-order valence-corrected chi connectivity index (χ3v) is 9.85. The fraction of sp³-hybridized carbons (Fsp3) is 0.654. The van der Waals surface area contributed by atoms with Crippen molar-refractivity contribution < 1.29 is 32.7 Å². The van der Waals surface area contributed by atoms with Gasteiger partial charge in [0.15, 0.2) is 5.65 Å². The number of pyridine rings is 1. The van der Waals surface area contributed by atoms with Crippen molar-refractivity contribution in [2.24, 2.45) is 10.8 Å². The van der Waals surface area contributed by atoms with Gasteiger partial charge < -0.3 is 14.9 Å². The molecule has 39 heavy (non-hydrogen) atoms. The van der Waals surface area contributed by atoms with Crippen LogP contribution in [-0.2, 0) is 9.59 Å². The van der Waals surface area contributed by atoms with Gasteiger partial charge in [-0.2, -0.15) is 18.3 Å². The van der Waals surface area contributed by atoms with Crippen LogP contribution in [0.4, 0.5) is 13.2 Å². The zero-order chi connectivity index (χ0) is 27.6.